The molecule has 4 nitrogen and oxygen atoms in total. The Balaban J connectivity index is 3.14. The number of hydrogen-bond acceptors (Lipinski definition) is 4. The van der Waals surface area contributed by atoms with Crippen LogP contribution in [-0.4, -0.2) is 17.4 Å². The highest BCUT2D eigenvalue weighted by atomic mass is 32.2. The van der Waals surface area contributed by atoms with E-state index in [-0.39, 0.29) is 17.9 Å². The molecule has 0 radical (unpaired) electrons. The topological polar surface area (TPSA) is 52.6 Å². The molecule has 20 heavy (non-hydrogen) atoms. The van der Waals surface area contributed by atoms with E-state index >= 15 is 0 Å². The van der Waals surface area contributed by atoms with E-state index in [1.807, 2.05) is 19.1 Å². The average molecular weight is 316 g/mol. The van der Waals surface area contributed by atoms with Gasteiger partial charge in [-0.3, -0.25) is 4.57 Å². The highest BCUT2D eigenvalue weighted by Crippen LogP contribution is 2.58. The fourth-order valence-corrected chi connectivity index (χ4v) is 5.26. The second-order valence-corrected chi connectivity index (χ2v) is 7.79. The van der Waals surface area contributed by atoms with Gasteiger partial charge in [-0.05, 0) is 39.8 Å². The molecule has 0 aromatic heterocycles. The van der Waals surface area contributed by atoms with Gasteiger partial charge in [-0.1, -0.05) is 23.8 Å². The second kappa shape index (κ2) is 7.89. The van der Waals surface area contributed by atoms with E-state index in [0.717, 1.165) is 5.56 Å². The number of allylic oxidation sites excluding steroid dienone is 1. The molecule has 0 aliphatic heterocycles. The molecule has 6 heteroatoms. The van der Waals surface area contributed by atoms with Gasteiger partial charge in [0.05, 0.1) is 24.0 Å². The summed E-state index contributed by atoms with van der Waals surface area (Å²) in [6.45, 7) is 7.57. The zero-order valence-electron chi connectivity index (χ0n) is 12.3. The van der Waals surface area contributed by atoms with Crippen molar-refractivity contribution in [3.8, 4) is 0 Å². The predicted molar refractivity (Wildman–Crippen MR) is 82.2 cm³/mol. The van der Waals surface area contributed by atoms with Crippen LogP contribution in [0, 0.1) is 6.92 Å². The van der Waals surface area contributed by atoms with Crippen LogP contribution in [-0.2, 0) is 24.4 Å². The van der Waals surface area contributed by atoms with Crippen molar-refractivity contribution in [2.24, 2.45) is 0 Å². The van der Waals surface area contributed by atoms with Gasteiger partial charge in [0.2, 0.25) is 0 Å². The third-order valence-electron chi connectivity index (χ3n) is 2.54. The summed E-state index contributed by atoms with van der Waals surface area (Å²) in [5.41, 5.74) is 1.07. The molecule has 1 rings (SSSR count). The molecule has 0 N–H and O–H groups in total. The smallest absolute Gasteiger partial charge is 0.305 e. The highest BCUT2D eigenvalue weighted by molar-refractivity contribution is 7.98. The van der Waals surface area contributed by atoms with Gasteiger partial charge in [0.1, 0.15) is 4.65 Å². The van der Waals surface area contributed by atoms with Gasteiger partial charge in [-0.15, -0.1) is 0 Å². The van der Waals surface area contributed by atoms with Crippen molar-refractivity contribution in [1.29, 1.82) is 0 Å². The summed E-state index contributed by atoms with van der Waals surface area (Å²) < 4.78 is 36.0. The van der Waals surface area contributed by atoms with Crippen LogP contribution in [0.25, 0.3) is 0 Å². The SMILES string of the molecule is C/C=C(/S(=O)c1ccc(C)cc1)P(=O)(OCC)OCC. The summed E-state index contributed by atoms with van der Waals surface area (Å²) in [6.07, 6.45) is 1.56. The van der Waals surface area contributed by atoms with Crippen LogP contribution in [0.5, 0.6) is 0 Å². The second-order valence-electron chi connectivity index (χ2n) is 4.04. The number of hydrogen-bond donors (Lipinski definition) is 0. The zero-order valence-corrected chi connectivity index (χ0v) is 14.0. The minimum absolute atomic E-state index is 0.199. The van der Waals surface area contributed by atoms with Crippen LogP contribution in [0.15, 0.2) is 39.9 Å². The molecular formula is C14H21O4PS. The van der Waals surface area contributed by atoms with Gasteiger partial charge in [0.15, 0.2) is 0 Å². The molecule has 0 saturated heterocycles. The molecule has 0 saturated carbocycles. The van der Waals surface area contributed by atoms with Crippen molar-refractivity contribution >= 4 is 18.4 Å². The van der Waals surface area contributed by atoms with Crippen molar-refractivity contribution in [2.75, 3.05) is 13.2 Å². The lowest BCUT2D eigenvalue weighted by Crippen LogP contribution is -2.04. The summed E-state index contributed by atoms with van der Waals surface area (Å²) in [6, 6.07) is 7.26. The Morgan fingerprint density at radius 3 is 2.10 bits per heavy atom. The molecule has 0 heterocycles. The first-order valence-electron chi connectivity index (χ1n) is 6.53. The van der Waals surface area contributed by atoms with Crippen LogP contribution >= 0.6 is 7.60 Å². The van der Waals surface area contributed by atoms with Crippen molar-refractivity contribution in [1.82, 2.24) is 0 Å². The molecule has 0 aliphatic carbocycles. The van der Waals surface area contributed by atoms with Crippen LogP contribution in [0.2, 0.25) is 0 Å². The first-order chi connectivity index (χ1) is 9.48. The Kier molecular flexibility index (Phi) is 6.83. The van der Waals surface area contributed by atoms with Gasteiger partial charge in [-0.2, -0.15) is 0 Å². The van der Waals surface area contributed by atoms with Crippen LogP contribution in [0.3, 0.4) is 0 Å². The van der Waals surface area contributed by atoms with Gasteiger partial charge < -0.3 is 9.05 Å². The maximum Gasteiger partial charge on any atom is 0.370 e. The van der Waals surface area contributed by atoms with E-state index in [2.05, 4.69) is 0 Å². The monoisotopic (exact) mass is 316 g/mol. The van der Waals surface area contributed by atoms with E-state index in [9.17, 15) is 8.77 Å². The van der Waals surface area contributed by atoms with Gasteiger partial charge >= 0.3 is 7.60 Å². The standard InChI is InChI=1S/C14H21O4PS/c1-5-14(19(15,17-6-2)18-7-3)20(16)13-10-8-12(4)9-11-13/h5,8-11H,6-7H2,1-4H3/b14-5+. The Morgan fingerprint density at radius 2 is 1.70 bits per heavy atom. The summed E-state index contributed by atoms with van der Waals surface area (Å²) in [7, 11) is -5.06. The molecule has 0 amide bonds. The molecule has 1 aromatic carbocycles. The largest absolute Gasteiger partial charge is 0.370 e. The van der Waals surface area contributed by atoms with Gasteiger partial charge in [0, 0.05) is 4.90 Å². The number of benzene rings is 1. The molecule has 1 unspecified atom stereocenters. The molecule has 112 valence electrons. The highest BCUT2D eigenvalue weighted by Gasteiger charge is 2.33. The molecule has 0 bridgehead atoms. The number of rotatable bonds is 7. The summed E-state index contributed by atoms with van der Waals surface area (Å²) >= 11 is 0. The third kappa shape index (κ3) is 4.13. The van der Waals surface area contributed by atoms with Crippen molar-refractivity contribution in [3.63, 3.8) is 0 Å². The number of aryl methyl sites for hydroxylation is 1. The Labute approximate surface area is 123 Å². The summed E-state index contributed by atoms with van der Waals surface area (Å²) in [4.78, 5) is 0.586. The zero-order chi connectivity index (χ0) is 15.2. The van der Waals surface area contributed by atoms with Crippen LogP contribution in [0.1, 0.15) is 26.3 Å². The lowest BCUT2D eigenvalue weighted by atomic mass is 10.2. The molecule has 0 fully saturated rings. The molecule has 1 atom stereocenters. The lowest BCUT2D eigenvalue weighted by Gasteiger charge is -2.19. The van der Waals surface area contributed by atoms with Crippen LogP contribution in [0.4, 0.5) is 0 Å². The normalized spacial score (nSPS) is 14.3. The maximum atomic E-state index is 12.7. The van der Waals surface area contributed by atoms with E-state index in [4.69, 9.17) is 9.05 Å². The minimum atomic E-state index is -3.50. The Bertz CT molecular complexity index is 527. The molecular weight excluding hydrogens is 295 g/mol. The molecule has 1 aromatic rings. The lowest BCUT2D eigenvalue weighted by molar-refractivity contribution is 0.228. The van der Waals surface area contributed by atoms with Crippen molar-refractivity contribution in [3.05, 3.63) is 40.6 Å². The minimum Gasteiger partial charge on any atom is -0.305 e. The van der Waals surface area contributed by atoms with E-state index in [0.29, 0.717) is 4.90 Å². The van der Waals surface area contributed by atoms with Gasteiger partial charge in [-0.25, -0.2) is 4.21 Å². The average Bonchev–Trinajstić information content (AvgIpc) is 2.40. The summed E-state index contributed by atoms with van der Waals surface area (Å²) in [5, 5.41) is 0. The van der Waals surface area contributed by atoms with Gasteiger partial charge in [0.25, 0.3) is 0 Å². The van der Waals surface area contributed by atoms with E-state index in [1.54, 1.807) is 39.0 Å². The third-order valence-corrected chi connectivity index (χ3v) is 7.02. The fraction of sp³-hybridized carbons (Fsp3) is 0.429. The van der Waals surface area contributed by atoms with Crippen LogP contribution < -0.4 is 0 Å². The molecule has 0 aliphatic rings. The quantitative estimate of drug-likeness (QED) is 0.706. The van der Waals surface area contributed by atoms with E-state index < -0.39 is 18.4 Å². The first-order valence-corrected chi connectivity index (χ1v) is 9.22. The first kappa shape index (κ1) is 17.3. The fourth-order valence-electron chi connectivity index (χ4n) is 1.65. The van der Waals surface area contributed by atoms with E-state index in [1.165, 1.54) is 0 Å². The van der Waals surface area contributed by atoms with Crippen molar-refractivity contribution < 1.29 is 17.8 Å². The maximum absolute atomic E-state index is 12.7. The Morgan fingerprint density at radius 1 is 1.20 bits per heavy atom. The summed E-state index contributed by atoms with van der Waals surface area (Å²) in [5.74, 6) is 0. The van der Waals surface area contributed by atoms with Crippen molar-refractivity contribution in [2.45, 2.75) is 32.6 Å². The molecule has 0 spiro atoms. The Hall–Kier alpha value is -0.740. The predicted octanol–water partition coefficient (Wildman–Crippen LogP) is 4.23.